The van der Waals surface area contributed by atoms with Crippen LogP contribution in [-0.2, 0) is 6.54 Å². The Hall–Kier alpha value is -2.56. The van der Waals surface area contributed by atoms with E-state index in [-0.39, 0.29) is 17.2 Å². The topological polar surface area (TPSA) is 71.5 Å². The zero-order valence-electron chi connectivity index (χ0n) is 10.5. The first-order valence-electron chi connectivity index (χ1n) is 5.76. The summed E-state index contributed by atoms with van der Waals surface area (Å²) in [5.74, 6) is -0.476. The van der Waals surface area contributed by atoms with Crippen LogP contribution < -0.4 is 10.1 Å². The molecular weight excluding hydrogens is 244 g/mol. The number of methoxy groups -OCH3 is 1. The zero-order valence-corrected chi connectivity index (χ0v) is 10.5. The molecule has 5 heteroatoms. The molecule has 0 spiro atoms. The fourth-order valence-electron chi connectivity index (χ4n) is 1.63. The van der Waals surface area contributed by atoms with E-state index in [0.717, 1.165) is 5.56 Å². The van der Waals surface area contributed by atoms with E-state index >= 15 is 0 Å². The van der Waals surface area contributed by atoms with Gasteiger partial charge in [0.05, 0.1) is 7.11 Å². The Morgan fingerprint density at radius 1 is 1.32 bits per heavy atom. The van der Waals surface area contributed by atoms with E-state index in [4.69, 9.17) is 4.74 Å². The zero-order chi connectivity index (χ0) is 13.7. The lowest BCUT2D eigenvalue weighted by atomic mass is 10.2. The van der Waals surface area contributed by atoms with Crippen molar-refractivity contribution in [3.8, 4) is 11.5 Å². The lowest BCUT2D eigenvalue weighted by molar-refractivity contribution is 0.0942. The number of benzene rings is 1. The molecule has 1 amide bonds. The summed E-state index contributed by atoms with van der Waals surface area (Å²) in [6.07, 6.45) is 1.41. The SMILES string of the molecule is COc1ccnc(C(=O)NCc2ccccc2)c1O. The summed E-state index contributed by atoms with van der Waals surface area (Å²) in [6, 6.07) is 11.0. The Bertz CT molecular complexity index is 570. The third kappa shape index (κ3) is 3.01. The lowest BCUT2D eigenvalue weighted by Crippen LogP contribution is -2.23. The number of carbonyl (C=O) groups is 1. The summed E-state index contributed by atoms with van der Waals surface area (Å²) in [5, 5.41) is 12.5. The van der Waals surface area contributed by atoms with Gasteiger partial charge in [-0.15, -0.1) is 0 Å². The molecule has 2 rings (SSSR count). The fourth-order valence-corrected chi connectivity index (χ4v) is 1.63. The number of rotatable bonds is 4. The average molecular weight is 258 g/mol. The van der Waals surface area contributed by atoms with E-state index in [9.17, 15) is 9.90 Å². The number of aromatic nitrogens is 1. The summed E-state index contributed by atoms with van der Waals surface area (Å²) in [6.45, 7) is 0.373. The smallest absolute Gasteiger partial charge is 0.274 e. The van der Waals surface area contributed by atoms with Gasteiger partial charge in [0.1, 0.15) is 0 Å². The third-order valence-electron chi connectivity index (χ3n) is 2.62. The maximum absolute atomic E-state index is 11.9. The fraction of sp³-hybridized carbons (Fsp3) is 0.143. The largest absolute Gasteiger partial charge is 0.503 e. The first-order valence-corrected chi connectivity index (χ1v) is 5.76. The summed E-state index contributed by atoms with van der Waals surface area (Å²) >= 11 is 0. The molecule has 1 heterocycles. The van der Waals surface area contributed by atoms with Crippen molar-refractivity contribution < 1.29 is 14.6 Å². The molecule has 2 aromatic rings. The first kappa shape index (κ1) is 12.9. The molecule has 1 aromatic carbocycles. The van der Waals surface area contributed by atoms with Crippen LogP contribution in [0.4, 0.5) is 0 Å². The minimum absolute atomic E-state index is 0.0460. The van der Waals surface area contributed by atoms with Crippen molar-refractivity contribution in [1.29, 1.82) is 0 Å². The van der Waals surface area contributed by atoms with E-state index in [1.807, 2.05) is 30.3 Å². The molecule has 1 aromatic heterocycles. The van der Waals surface area contributed by atoms with E-state index < -0.39 is 5.91 Å². The molecule has 19 heavy (non-hydrogen) atoms. The van der Waals surface area contributed by atoms with Gasteiger partial charge in [0.25, 0.3) is 5.91 Å². The molecule has 98 valence electrons. The summed E-state index contributed by atoms with van der Waals surface area (Å²) in [7, 11) is 1.42. The first-order chi connectivity index (χ1) is 9.22. The molecule has 0 saturated carbocycles. The van der Waals surface area contributed by atoms with Crippen LogP contribution >= 0.6 is 0 Å². The van der Waals surface area contributed by atoms with Crippen molar-refractivity contribution in [2.75, 3.05) is 7.11 Å². The van der Waals surface area contributed by atoms with E-state index in [1.165, 1.54) is 19.4 Å². The highest BCUT2D eigenvalue weighted by Gasteiger charge is 2.16. The van der Waals surface area contributed by atoms with Crippen LogP contribution in [0.2, 0.25) is 0 Å². The molecule has 0 radical (unpaired) electrons. The van der Waals surface area contributed by atoms with Gasteiger partial charge in [-0.1, -0.05) is 30.3 Å². The normalized spacial score (nSPS) is 9.95. The van der Waals surface area contributed by atoms with E-state index in [1.54, 1.807) is 0 Å². The summed E-state index contributed by atoms with van der Waals surface area (Å²) in [5.41, 5.74) is 0.925. The van der Waals surface area contributed by atoms with Crippen LogP contribution in [0.3, 0.4) is 0 Å². The predicted octanol–water partition coefficient (Wildman–Crippen LogP) is 1.73. The number of hydrogen-bond acceptors (Lipinski definition) is 4. The van der Waals surface area contributed by atoms with Gasteiger partial charge >= 0.3 is 0 Å². The second-order valence-electron chi connectivity index (χ2n) is 3.88. The third-order valence-corrected chi connectivity index (χ3v) is 2.62. The maximum Gasteiger partial charge on any atom is 0.274 e. The Morgan fingerprint density at radius 3 is 2.74 bits per heavy atom. The molecule has 0 atom stereocenters. The molecule has 0 fully saturated rings. The molecule has 5 nitrogen and oxygen atoms in total. The lowest BCUT2D eigenvalue weighted by Gasteiger charge is -2.08. The van der Waals surface area contributed by atoms with Crippen LogP contribution in [0.1, 0.15) is 16.1 Å². The van der Waals surface area contributed by atoms with Gasteiger partial charge in [-0.3, -0.25) is 4.79 Å². The Labute approximate surface area is 110 Å². The van der Waals surface area contributed by atoms with Crippen LogP contribution in [-0.4, -0.2) is 23.1 Å². The monoisotopic (exact) mass is 258 g/mol. The highest BCUT2D eigenvalue weighted by atomic mass is 16.5. The molecule has 0 bridgehead atoms. The Morgan fingerprint density at radius 2 is 2.05 bits per heavy atom. The van der Waals surface area contributed by atoms with Gasteiger partial charge in [-0.2, -0.15) is 0 Å². The van der Waals surface area contributed by atoms with Crippen LogP contribution in [0, 0.1) is 0 Å². The molecule has 0 saturated heterocycles. The molecular formula is C14H14N2O3. The molecule has 0 aliphatic heterocycles. The molecule has 0 unspecified atom stereocenters. The average Bonchev–Trinajstić information content (AvgIpc) is 2.46. The number of ether oxygens (including phenoxy) is 1. The van der Waals surface area contributed by atoms with Gasteiger partial charge in [0.2, 0.25) is 0 Å². The Kier molecular flexibility index (Phi) is 3.97. The second-order valence-corrected chi connectivity index (χ2v) is 3.88. The standard InChI is InChI=1S/C14H14N2O3/c1-19-11-7-8-15-12(13(11)17)14(18)16-9-10-5-3-2-4-6-10/h2-8,17H,9H2,1H3,(H,16,18). The van der Waals surface area contributed by atoms with Gasteiger partial charge in [0.15, 0.2) is 17.2 Å². The van der Waals surface area contributed by atoms with Crippen LogP contribution in [0.15, 0.2) is 42.6 Å². The van der Waals surface area contributed by atoms with Crippen molar-refractivity contribution >= 4 is 5.91 Å². The van der Waals surface area contributed by atoms with Crippen LogP contribution in [0.25, 0.3) is 0 Å². The summed E-state index contributed by atoms with van der Waals surface area (Å²) in [4.78, 5) is 15.8. The van der Waals surface area contributed by atoms with Gasteiger partial charge in [0, 0.05) is 18.8 Å². The number of pyridine rings is 1. The predicted molar refractivity (Wildman–Crippen MR) is 70.1 cm³/mol. The van der Waals surface area contributed by atoms with Crippen LogP contribution in [0.5, 0.6) is 11.5 Å². The number of amides is 1. The van der Waals surface area contributed by atoms with Gasteiger partial charge < -0.3 is 15.2 Å². The van der Waals surface area contributed by atoms with Crippen molar-refractivity contribution in [3.05, 3.63) is 53.9 Å². The minimum Gasteiger partial charge on any atom is -0.503 e. The van der Waals surface area contributed by atoms with Crippen molar-refractivity contribution in [1.82, 2.24) is 10.3 Å². The highest BCUT2D eigenvalue weighted by Crippen LogP contribution is 2.27. The van der Waals surface area contributed by atoms with Gasteiger partial charge in [-0.05, 0) is 5.56 Å². The quantitative estimate of drug-likeness (QED) is 0.876. The van der Waals surface area contributed by atoms with Crippen molar-refractivity contribution in [2.45, 2.75) is 6.54 Å². The Balaban J connectivity index is 2.08. The second kappa shape index (κ2) is 5.86. The molecule has 0 aliphatic carbocycles. The molecule has 2 N–H and O–H groups in total. The minimum atomic E-state index is -0.444. The van der Waals surface area contributed by atoms with E-state index in [0.29, 0.717) is 6.54 Å². The number of nitrogens with one attached hydrogen (secondary N) is 1. The van der Waals surface area contributed by atoms with Gasteiger partial charge in [-0.25, -0.2) is 4.98 Å². The highest BCUT2D eigenvalue weighted by molar-refractivity contribution is 5.95. The number of nitrogens with zero attached hydrogens (tertiary/aromatic N) is 1. The number of aromatic hydroxyl groups is 1. The van der Waals surface area contributed by atoms with Crippen molar-refractivity contribution in [3.63, 3.8) is 0 Å². The molecule has 0 aliphatic rings. The van der Waals surface area contributed by atoms with E-state index in [2.05, 4.69) is 10.3 Å². The maximum atomic E-state index is 11.9. The number of hydrogen-bond donors (Lipinski definition) is 2. The number of carbonyl (C=O) groups excluding carboxylic acids is 1. The summed E-state index contributed by atoms with van der Waals surface area (Å²) < 4.78 is 4.93. The van der Waals surface area contributed by atoms with Crippen molar-refractivity contribution in [2.24, 2.45) is 0 Å².